The van der Waals surface area contributed by atoms with Gasteiger partial charge in [-0.1, -0.05) is 84.1 Å². The molecular formula is C34H31ClN4O5S3. The van der Waals surface area contributed by atoms with Gasteiger partial charge in [0.15, 0.2) is 0 Å². The van der Waals surface area contributed by atoms with Crippen LogP contribution in [-0.2, 0) is 30.9 Å². The van der Waals surface area contributed by atoms with Crippen LogP contribution < -0.4 is 0 Å². The molecule has 0 radical (unpaired) electrons. The molecule has 1 amide bonds. The van der Waals surface area contributed by atoms with Crippen LogP contribution in [0, 0.1) is 5.92 Å². The number of rotatable bonds is 9. The maximum absolute atomic E-state index is 13.7. The number of thioether (sulfide) groups is 1. The number of carbonyl (C=O) groups excluding carboxylic acids is 2. The number of hydrogen-bond acceptors (Lipinski definition) is 8. The highest BCUT2D eigenvalue weighted by molar-refractivity contribution is 8.26. The zero-order valence-electron chi connectivity index (χ0n) is 25.4. The summed E-state index contributed by atoms with van der Waals surface area (Å²) < 4.78 is 36.2. The van der Waals surface area contributed by atoms with Crippen molar-refractivity contribution in [2.24, 2.45) is 5.92 Å². The van der Waals surface area contributed by atoms with E-state index in [9.17, 15) is 18.0 Å². The van der Waals surface area contributed by atoms with Crippen molar-refractivity contribution < 1.29 is 22.7 Å². The number of amides is 1. The first-order chi connectivity index (χ1) is 22.7. The summed E-state index contributed by atoms with van der Waals surface area (Å²) in [7, 11) is -3.85. The van der Waals surface area contributed by atoms with E-state index in [1.54, 1.807) is 48.0 Å². The normalized spacial score (nSPS) is 17.1. The van der Waals surface area contributed by atoms with Gasteiger partial charge in [-0.2, -0.15) is 9.40 Å². The largest absolute Gasteiger partial charge is 0.466 e. The highest BCUT2D eigenvalue weighted by atomic mass is 35.5. The molecule has 13 heteroatoms. The van der Waals surface area contributed by atoms with Crippen LogP contribution in [0.4, 0.5) is 0 Å². The molecule has 47 heavy (non-hydrogen) atoms. The highest BCUT2D eigenvalue weighted by Gasteiger charge is 2.34. The maximum Gasteiger partial charge on any atom is 0.309 e. The molecule has 0 unspecified atom stereocenters. The third-order valence-corrected chi connectivity index (χ3v) is 11.7. The van der Waals surface area contributed by atoms with Gasteiger partial charge in [-0.25, -0.2) is 13.1 Å². The molecule has 0 N–H and O–H groups in total. The highest BCUT2D eigenvalue weighted by Crippen LogP contribution is 2.37. The van der Waals surface area contributed by atoms with Gasteiger partial charge in [0.1, 0.15) is 10.0 Å². The minimum absolute atomic E-state index is 0.121. The predicted octanol–water partition coefficient (Wildman–Crippen LogP) is 6.56. The zero-order valence-corrected chi connectivity index (χ0v) is 28.6. The summed E-state index contributed by atoms with van der Waals surface area (Å²) in [5.74, 6) is -0.843. The standard InChI is InChI=1S/C34H31ClN4O5S3/c1-2-44-33(41)23-15-17-37(18-16-23)47(42,43)28-13-8-10-24(19-28)31-26(22-39(36-31)27-11-4-3-5-12-27)20-30-32(40)38(34(45)46-30)21-25-9-6-7-14-29(25)35/h3-14,19-20,22-23H,2,15-18,21H2,1H3. The van der Waals surface area contributed by atoms with Crippen LogP contribution in [0.3, 0.4) is 0 Å². The number of benzene rings is 3. The molecule has 1 aromatic heterocycles. The van der Waals surface area contributed by atoms with Crippen molar-refractivity contribution >= 4 is 67.9 Å². The van der Waals surface area contributed by atoms with Crippen LogP contribution >= 0.6 is 35.6 Å². The number of piperidine rings is 1. The SMILES string of the molecule is CCOC(=O)C1CCN(S(=O)(=O)c2cccc(-c3nn(-c4ccccc4)cc3C=C3SC(=S)N(Cc4ccccc4Cl)C3=O)c2)CC1. The third kappa shape index (κ3) is 7.07. The molecule has 242 valence electrons. The van der Waals surface area contributed by atoms with Gasteiger partial charge in [-0.05, 0) is 61.7 Å². The Morgan fingerprint density at radius 1 is 1.06 bits per heavy atom. The van der Waals surface area contributed by atoms with Crippen LogP contribution in [0.2, 0.25) is 5.02 Å². The van der Waals surface area contributed by atoms with Crippen molar-refractivity contribution in [2.45, 2.75) is 31.2 Å². The molecule has 0 atom stereocenters. The second kappa shape index (κ2) is 14.1. The molecule has 2 saturated heterocycles. The molecule has 0 saturated carbocycles. The van der Waals surface area contributed by atoms with Crippen LogP contribution in [0.5, 0.6) is 0 Å². The van der Waals surface area contributed by atoms with E-state index in [4.69, 9.17) is 33.7 Å². The van der Waals surface area contributed by atoms with Crippen LogP contribution in [0.25, 0.3) is 23.0 Å². The topological polar surface area (TPSA) is 102 Å². The summed E-state index contributed by atoms with van der Waals surface area (Å²) >= 11 is 13.1. The maximum atomic E-state index is 13.7. The summed E-state index contributed by atoms with van der Waals surface area (Å²) in [5, 5.41) is 5.40. The summed E-state index contributed by atoms with van der Waals surface area (Å²) in [6, 6.07) is 23.5. The van der Waals surface area contributed by atoms with Gasteiger partial charge in [0, 0.05) is 35.4 Å². The molecule has 4 aromatic rings. The second-order valence-corrected chi connectivity index (χ2v) is 15.1. The van der Waals surface area contributed by atoms with Crippen LogP contribution in [0.15, 0.2) is 94.9 Å². The van der Waals surface area contributed by atoms with Crippen LogP contribution in [-0.4, -0.2) is 63.3 Å². The number of para-hydroxylation sites is 1. The quantitative estimate of drug-likeness (QED) is 0.110. The first-order valence-corrected chi connectivity index (χ1v) is 18.1. The van der Waals surface area contributed by atoms with Gasteiger partial charge in [-0.3, -0.25) is 14.5 Å². The molecule has 3 aromatic carbocycles. The molecule has 2 aliphatic heterocycles. The Morgan fingerprint density at radius 3 is 2.51 bits per heavy atom. The number of nitrogens with zero attached hydrogens (tertiary/aromatic N) is 4. The molecule has 2 aliphatic rings. The van der Waals surface area contributed by atoms with Crippen molar-refractivity contribution in [1.29, 1.82) is 0 Å². The lowest BCUT2D eigenvalue weighted by atomic mass is 9.98. The predicted molar refractivity (Wildman–Crippen MR) is 187 cm³/mol. The third-order valence-electron chi connectivity index (χ3n) is 8.03. The van der Waals surface area contributed by atoms with E-state index >= 15 is 0 Å². The second-order valence-electron chi connectivity index (χ2n) is 11.0. The fraction of sp³-hybridized carbons (Fsp3) is 0.235. The summed E-state index contributed by atoms with van der Waals surface area (Å²) in [5.41, 5.74) is 3.28. The number of sulfonamides is 1. The Bertz CT molecular complexity index is 1970. The van der Waals surface area contributed by atoms with Crippen molar-refractivity contribution in [3.8, 4) is 16.9 Å². The minimum Gasteiger partial charge on any atom is -0.466 e. The summed E-state index contributed by atoms with van der Waals surface area (Å²) in [6.07, 6.45) is 4.36. The average molecular weight is 707 g/mol. The zero-order chi connectivity index (χ0) is 33.1. The van der Waals surface area contributed by atoms with E-state index in [0.29, 0.717) is 50.5 Å². The van der Waals surface area contributed by atoms with Crippen LogP contribution in [0.1, 0.15) is 30.9 Å². The van der Waals surface area contributed by atoms with E-state index in [2.05, 4.69) is 0 Å². The van der Waals surface area contributed by atoms with Gasteiger partial charge in [0.2, 0.25) is 10.0 Å². The lowest BCUT2D eigenvalue weighted by Gasteiger charge is -2.30. The minimum atomic E-state index is -3.85. The molecular weight excluding hydrogens is 676 g/mol. The fourth-order valence-electron chi connectivity index (χ4n) is 5.55. The number of carbonyl (C=O) groups is 2. The molecule has 0 bridgehead atoms. The molecule has 2 fully saturated rings. The average Bonchev–Trinajstić information content (AvgIpc) is 3.62. The number of halogens is 1. The molecule has 6 rings (SSSR count). The van der Waals surface area contributed by atoms with Gasteiger partial charge in [-0.15, -0.1) is 0 Å². The molecule has 3 heterocycles. The van der Waals surface area contributed by atoms with Crippen molar-refractivity contribution in [1.82, 2.24) is 19.0 Å². The van der Waals surface area contributed by atoms with E-state index in [-0.39, 0.29) is 42.3 Å². The lowest BCUT2D eigenvalue weighted by molar-refractivity contribution is -0.149. The first kappa shape index (κ1) is 33.1. The smallest absolute Gasteiger partial charge is 0.309 e. The lowest BCUT2D eigenvalue weighted by Crippen LogP contribution is -2.40. The Kier molecular flexibility index (Phi) is 9.95. The van der Waals surface area contributed by atoms with E-state index in [1.165, 1.54) is 21.0 Å². The van der Waals surface area contributed by atoms with Gasteiger partial charge < -0.3 is 4.74 Å². The van der Waals surface area contributed by atoms with Crippen molar-refractivity contribution in [3.05, 3.63) is 106 Å². The molecule has 0 aliphatic carbocycles. The summed E-state index contributed by atoms with van der Waals surface area (Å²) in [6.45, 7) is 2.74. The van der Waals surface area contributed by atoms with E-state index in [0.717, 1.165) is 11.3 Å². The fourth-order valence-corrected chi connectivity index (χ4v) is 8.51. The Balaban J connectivity index is 1.32. The van der Waals surface area contributed by atoms with Gasteiger partial charge in [0.05, 0.1) is 34.6 Å². The van der Waals surface area contributed by atoms with Gasteiger partial charge in [0.25, 0.3) is 5.91 Å². The number of ether oxygens (including phenoxy) is 1. The van der Waals surface area contributed by atoms with E-state index < -0.39 is 10.0 Å². The van der Waals surface area contributed by atoms with Gasteiger partial charge >= 0.3 is 5.97 Å². The number of thiocarbonyl (C=S) groups is 1. The Labute approximate surface area is 288 Å². The Morgan fingerprint density at radius 2 is 1.79 bits per heavy atom. The van der Waals surface area contributed by atoms with Crippen molar-refractivity contribution in [2.75, 3.05) is 19.7 Å². The van der Waals surface area contributed by atoms with Crippen molar-refractivity contribution in [3.63, 3.8) is 0 Å². The molecule has 0 spiro atoms. The molecule has 9 nitrogen and oxygen atoms in total. The Hall–Kier alpha value is -3.81. The number of aromatic nitrogens is 2. The number of hydrogen-bond donors (Lipinski definition) is 0. The summed E-state index contributed by atoms with van der Waals surface area (Å²) in [4.78, 5) is 27.8. The first-order valence-electron chi connectivity index (χ1n) is 15.1. The number of esters is 1. The van der Waals surface area contributed by atoms with E-state index in [1.807, 2.05) is 54.7 Å². The monoisotopic (exact) mass is 706 g/mol.